The summed E-state index contributed by atoms with van der Waals surface area (Å²) < 4.78 is 6.41. The molecule has 1 aliphatic rings. The zero-order chi connectivity index (χ0) is 12.0. The van der Waals surface area contributed by atoms with Crippen LogP contribution in [-0.4, -0.2) is 26.7 Å². The van der Waals surface area contributed by atoms with Crippen LogP contribution in [0, 0.1) is 0 Å². The molecule has 0 amide bonds. The largest absolute Gasteiger partial charge is 0.337 e. The minimum Gasteiger partial charge on any atom is -0.337 e. The third kappa shape index (κ3) is 1.51. The van der Waals surface area contributed by atoms with Crippen molar-refractivity contribution in [3.8, 4) is 5.88 Å². The Hall–Kier alpha value is -2.15. The first kappa shape index (κ1) is 10.0. The van der Waals surface area contributed by atoms with E-state index in [0.717, 1.165) is 11.3 Å². The van der Waals surface area contributed by atoms with Gasteiger partial charge < -0.3 is 4.52 Å². The van der Waals surface area contributed by atoms with E-state index in [-0.39, 0.29) is 0 Å². The first-order valence-corrected chi connectivity index (χ1v) is 5.13. The maximum absolute atomic E-state index is 11.6. The molecule has 7 heteroatoms. The highest BCUT2D eigenvalue weighted by molar-refractivity contribution is 5.36. The normalized spacial score (nSPS) is 15.1. The molecule has 88 valence electrons. The molecule has 0 fully saturated rings. The molecule has 2 aromatic heterocycles. The van der Waals surface area contributed by atoms with Gasteiger partial charge >= 0.3 is 5.69 Å². The molecule has 0 saturated heterocycles. The van der Waals surface area contributed by atoms with Crippen molar-refractivity contribution in [3.63, 3.8) is 0 Å². The van der Waals surface area contributed by atoms with Gasteiger partial charge in [0.05, 0.1) is 5.56 Å². The second-order valence-electron chi connectivity index (χ2n) is 4.07. The van der Waals surface area contributed by atoms with Gasteiger partial charge in [0.1, 0.15) is 5.69 Å². The smallest absolute Gasteiger partial charge is 0.335 e. The Morgan fingerprint density at radius 2 is 2.24 bits per heavy atom. The third-order valence-corrected chi connectivity index (χ3v) is 2.74. The molecule has 3 heterocycles. The molecular formula is C10H10N4O3. The lowest BCUT2D eigenvalue weighted by Crippen LogP contribution is -2.27. The lowest BCUT2D eigenvalue weighted by molar-refractivity contribution is 0.317. The average molecular weight is 234 g/mol. The Bertz CT molecular complexity index is 681. The number of hydrogen-bond donors (Lipinski definition) is 1. The van der Waals surface area contributed by atoms with Crippen molar-refractivity contribution < 1.29 is 4.52 Å². The standard InChI is InChI=1S/C10H10N4O3/c1-13-4-6-7(5-13)12-17-9(6)14-3-2-8(15)11-10(14)16/h2-3H,4-5H2,1H3,(H,11,15,16). The number of aromatic amines is 1. The average Bonchev–Trinajstić information content (AvgIpc) is 2.78. The van der Waals surface area contributed by atoms with E-state index in [1.165, 1.54) is 16.8 Å². The van der Waals surface area contributed by atoms with Crippen molar-refractivity contribution in [2.45, 2.75) is 13.1 Å². The molecule has 7 nitrogen and oxygen atoms in total. The molecule has 0 aromatic carbocycles. The predicted octanol–water partition coefficient (Wildman–Crippen LogP) is -0.541. The quantitative estimate of drug-likeness (QED) is 0.716. The maximum Gasteiger partial charge on any atom is 0.335 e. The van der Waals surface area contributed by atoms with E-state index in [4.69, 9.17) is 4.52 Å². The van der Waals surface area contributed by atoms with E-state index in [9.17, 15) is 9.59 Å². The topological polar surface area (TPSA) is 84.1 Å². The van der Waals surface area contributed by atoms with Crippen molar-refractivity contribution in [1.29, 1.82) is 0 Å². The van der Waals surface area contributed by atoms with Crippen LogP contribution in [0.2, 0.25) is 0 Å². The van der Waals surface area contributed by atoms with Gasteiger partial charge in [-0.25, -0.2) is 9.36 Å². The van der Waals surface area contributed by atoms with Gasteiger partial charge in [-0.1, -0.05) is 5.16 Å². The molecule has 0 spiro atoms. The number of aromatic nitrogens is 3. The van der Waals surface area contributed by atoms with Crippen LogP contribution in [-0.2, 0) is 13.1 Å². The highest BCUT2D eigenvalue weighted by Gasteiger charge is 2.25. The molecule has 17 heavy (non-hydrogen) atoms. The summed E-state index contributed by atoms with van der Waals surface area (Å²) in [5.41, 5.74) is 0.771. The van der Waals surface area contributed by atoms with E-state index < -0.39 is 11.2 Å². The van der Waals surface area contributed by atoms with Crippen molar-refractivity contribution in [2.24, 2.45) is 0 Å². The first-order chi connectivity index (χ1) is 8.15. The monoisotopic (exact) mass is 234 g/mol. The van der Waals surface area contributed by atoms with Gasteiger partial charge in [-0.15, -0.1) is 0 Å². The van der Waals surface area contributed by atoms with Crippen LogP contribution >= 0.6 is 0 Å². The van der Waals surface area contributed by atoms with Crippen molar-refractivity contribution in [2.75, 3.05) is 7.05 Å². The molecule has 3 rings (SSSR count). The fourth-order valence-electron chi connectivity index (χ4n) is 1.96. The number of nitrogens with one attached hydrogen (secondary N) is 1. The fraction of sp³-hybridized carbons (Fsp3) is 0.300. The zero-order valence-electron chi connectivity index (χ0n) is 9.14. The Balaban J connectivity index is 2.17. The molecule has 0 atom stereocenters. The fourth-order valence-corrected chi connectivity index (χ4v) is 1.96. The van der Waals surface area contributed by atoms with E-state index in [0.29, 0.717) is 19.0 Å². The molecule has 0 aliphatic carbocycles. The molecule has 2 aromatic rings. The molecule has 0 unspecified atom stereocenters. The van der Waals surface area contributed by atoms with Crippen LogP contribution in [0.4, 0.5) is 0 Å². The van der Waals surface area contributed by atoms with Crippen LogP contribution in [0.3, 0.4) is 0 Å². The van der Waals surface area contributed by atoms with Gasteiger partial charge in [0.25, 0.3) is 5.56 Å². The number of hydrogen-bond acceptors (Lipinski definition) is 5. The van der Waals surface area contributed by atoms with Gasteiger partial charge in [-0.3, -0.25) is 14.7 Å². The van der Waals surface area contributed by atoms with E-state index in [2.05, 4.69) is 15.0 Å². The molecule has 0 radical (unpaired) electrons. The van der Waals surface area contributed by atoms with Crippen molar-refractivity contribution in [1.82, 2.24) is 19.6 Å². The Kier molecular flexibility index (Phi) is 2.02. The van der Waals surface area contributed by atoms with Crippen molar-refractivity contribution >= 4 is 0 Å². The van der Waals surface area contributed by atoms with Gasteiger partial charge in [0.15, 0.2) is 0 Å². The molecule has 1 N–H and O–H groups in total. The highest BCUT2D eigenvalue weighted by Crippen LogP contribution is 2.25. The van der Waals surface area contributed by atoms with Crippen LogP contribution in [0.5, 0.6) is 0 Å². The minimum atomic E-state index is -0.522. The molecule has 1 aliphatic heterocycles. The first-order valence-electron chi connectivity index (χ1n) is 5.13. The SMILES string of the molecule is CN1Cc2noc(-n3ccc(=O)[nH]c3=O)c2C1. The summed E-state index contributed by atoms with van der Waals surface area (Å²) >= 11 is 0. The van der Waals surface area contributed by atoms with Crippen LogP contribution in [0.25, 0.3) is 5.88 Å². The van der Waals surface area contributed by atoms with Crippen molar-refractivity contribution in [3.05, 3.63) is 44.4 Å². The number of nitrogens with zero attached hydrogens (tertiary/aromatic N) is 3. The summed E-state index contributed by atoms with van der Waals surface area (Å²) in [6, 6.07) is 1.27. The number of rotatable bonds is 1. The zero-order valence-corrected chi connectivity index (χ0v) is 9.14. The van der Waals surface area contributed by atoms with Gasteiger partial charge in [-0.2, -0.15) is 0 Å². The summed E-state index contributed by atoms with van der Waals surface area (Å²) in [4.78, 5) is 26.8. The highest BCUT2D eigenvalue weighted by atomic mass is 16.5. The Labute approximate surface area is 95.3 Å². The maximum atomic E-state index is 11.6. The van der Waals surface area contributed by atoms with Crippen LogP contribution in [0.15, 0.2) is 26.4 Å². The molecule has 0 saturated carbocycles. The Morgan fingerprint density at radius 1 is 1.41 bits per heavy atom. The summed E-state index contributed by atoms with van der Waals surface area (Å²) in [6.07, 6.45) is 1.39. The van der Waals surface area contributed by atoms with Crippen LogP contribution < -0.4 is 11.2 Å². The van der Waals surface area contributed by atoms with Gasteiger partial charge in [-0.05, 0) is 7.05 Å². The van der Waals surface area contributed by atoms with E-state index in [1.807, 2.05) is 7.05 Å². The predicted molar refractivity (Wildman–Crippen MR) is 57.9 cm³/mol. The van der Waals surface area contributed by atoms with Crippen LogP contribution in [0.1, 0.15) is 11.3 Å². The number of H-pyrrole nitrogens is 1. The summed E-state index contributed by atoms with van der Waals surface area (Å²) in [5.74, 6) is 0.380. The molecular weight excluding hydrogens is 224 g/mol. The second-order valence-corrected chi connectivity index (χ2v) is 4.07. The third-order valence-electron chi connectivity index (χ3n) is 2.74. The summed E-state index contributed by atoms with van der Waals surface area (Å²) in [5, 5.41) is 3.92. The number of fused-ring (bicyclic) bond motifs is 1. The second kappa shape index (κ2) is 3.42. The lowest BCUT2D eigenvalue weighted by Gasteiger charge is -2.05. The summed E-state index contributed by atoms with van der Waals surface area (Å²) in [6.45, 7) is 1.39. The van der Waals surface area contributed by atoms with E-state index >= 15 is 0 Å². The van der Waals surface area contributed by atoms with E-state index in [1.54, 1.807) is 0 Å². The van der Waals surface area contributed by atoms with Gasteiger partial charge in [0.2, 0.25) is 5.88 Å². The Morgan fingerprint density at radius 3 is 3.00 bits per heavy atom. The molecule has 0 bridgehead atoms. The summed E-state index contributed by atoms with van der Waals surface area (Å²) in [7, 11) is 1.96. The van der Waals surface area contributed by atoms with Gasteiger partial charge in [0, 0.05) is 25.4 Å². The lowest BCUT2D eigenvalue weighted by atomic mass is 10.3. The minimum absolute atomic E-state index is 0.380.